The van der Waals surface area contributed by atoms with E-state index in [9.17, 15) is 0 Å². The zero-order valence-electron chi connectivity index (χ0n) is 11.6. The fourth-order valence-corrected chi connectivity index (χ4v) is 3.24. The smallest absolute Gasteiger partial charge is 0.0858 e. The number of nitrogens with zero attached hydrogens (tertiary/aromatic N) is 1. The molecule has 0 saturated carbocycles. The van der Waals surface area contributed by atoms with Crippen molar-refractivity contribution in [2.75, 3.05) is 26.7 Å². The number of ether oxygens (including phenoxy) is 1. The summed E-state index contributed by atoms with van der Waals surface area (Å²) < 4.78 is 5.96. The van der Waals surface area contributed by atoms with E-state index in [4.69, 9.17) is 4.74 Å². The van der Waals surface area contributed by atoms with Crippen molar-refractivity contribution in [2.45, 2.75) is 38.5 Å². The second-order valence-corrected chi connectivity index (χ2v) is 6.21. The van der Waals surface area contributed by atoms with Crippen LogP contribution in [0.1, 0.15) is 18.7 Å². The molecule has 102 valence electrons. The van der Waals surface area contributed by atoms with Crippen LogP contribution in [0.25, 0.3) is 0 Å². The molecule has 1 aliphatic rings. The van der Waals surface area contributed by atoms with Crippen molar-refractivity contribution in [1.29, 1.82) is 0 Å². The van der Waals surface area contributed by atoms with Crippen molar-refractivity contribution in [1.82, 2.24) is 10.2 Å². The highest BCUT2D eigenvalue weighted by Gasteiger charge is 2.28. The van der Waals surface area contributed by atoms with Gasteiger partial charge in [-0.2, -0.15) is 0 Å². The molecule has 1 fully saturated rings. The lowest BCUT2D eigenvalue weighted by atomic mass is 10.0. The Labute approximate surface area is 114 Å². The third kappa shape index (κ3) is 3.54. The van der Waals surface area contributed by atoms with Gasteiger partial charge in [-0.3, -0.25) is 4.90 Å². The lowest BCUT2D eigenvalue weighted by Crippen LogP contribution is -2.53. The first-order chi connectivity index (χ1) is 8.70. The zero-order valence-corrected chi connectivity index (χ0v) is 12.4. The highest BCUT2D eigenvalue weighted by Crippen LogP contribution is 2.17. The summed E-state index contributed by atoms with van der Waals surface area (Å²) in [5, 5.41) is 5.57. The fraction of sp³-hybridized carbons (Fsp3) is 0.714. The number of hydrogen-bond donors (Lipinski definition) is 1. The molecule has 0 bridgehead atoms. The van der Waals surface area contributed by atoms with Gasteiger partial charge in [0.05, 0.1) is 12.7 Å². The topological polar surface area (TPSA) is 24.5 Å². The normalized spacial score (nSPS) is 23.4. The van der Waals surface area contributed by atoms with Crippen molar-refractivity contribution in [3.63, 3.8) is 0 Å². The largest absolute Gasteiger partial charge is 0.374 e. The Kier molecular flexibility index (Phi) is 5.18. The van der Waals surface area contributed by atoms with Crippen LogP contribution in [0.2, 0.25) is 0 Å². The van der Waals surface area contributed by atoms with E-state index >= 15 is 0 Å². The van der Waals surface area contributed by atoms with Crippen LogP contribution in [0.3, 0.4) is 0 Å². The maximum absolute atomic E-state index is 5.96. The molecule has 18 heavy (non-hydrogen) atoms. The average Bonchev–Trinajstić information content (AvgIpc) is 2.89. The predicted molar refractivity (Wildman–Crippen MR) is 77.3 cm³/mol. The van der Waals surface area contributed by atoms with Gasteiger partial charge in [0.15, 0.2) is 0 Å². The van der Waals surface area contributed by atoms with Crippen LogP contribution in [0, 0.1) is 0 Å². The number of nitrogens with one attached hydrogen (secondary N) is 1. The van der Waals surface area contributed by atoms with E-state index in [0.29, 0.717) is 18.2 Å². The molecule has 1 aromatic heterocycles. The van der Waals surface area contributed by atoms with E-state index < -0.39 is 0 Å². The summed E-state index contributed by atoms with van der Waals surface area (Å²) in [5.74, 6) is 0. The number of hydrogen-bond acceptors (Lipinski definition) is 4. The summed E-state index contributed by atoms with van der Waals surface area (Å²) in [4.78, 5) is 3.94. The molecular weight excluding hydrogens is 244 g/mol. The molecule has 2 unspecified atom stereocenters. The summed E-state index contributed by atoms with van der Waals surface area (Å²) >= 11 is 1.83. The fourth-order valence-electron chi connectivity index (χ4n) is 2.47. The van der Waals surface area contributed by atoms with Gasteiger partial charge in [-0.15, -0.1) is 11.3 Å². The Hall–Kier alpha value is -0.420. The SMILES string of the molecule is CNC(Cc1cccs1)C1CN(C(C)C)CCO1. The van der Waals surface area contributed by atoms with E-state index in [1.807, 2.05) is 18.4 Å². The molecule has 0 radical (unpaired) electrons. The average molecular weight is 268 g/mol. The minimum absolute atomic E-state index is 0.299. The summed E-state index contributed by atoms with van der Waals surface area (Å²) in [6.45, 7) is 7.47. The highest BCUT2D eigenvalue weighted by molar-refractivity contribution is 7.09. The molecule has 0 spiro atoms. The molecule has 1 N–H and O–H groups in total. The standard InChI is InChI=1S/C14H24N2OS/c1-11(2)16-6-7-17-14(10-16)13(15-3)9-12-5-4-8-18-12/h4-5,8,11,13-15H,6-7,9-10H2,1-3H3. The van der Waals surface area contributed by atoms with Crippen LogP contribution in [0.15, 0.2) is 17.5 Å². The number of likely N-dealkylation sites (N-methyl/N-ethyl adjacent to an activating group) is 1. The first-order valence-corrected chi connectivity index (χ1v) is 7.64. The van der Waals surface area contributed by atoms with Gasteiger partial charge in [0, 0.05) is 30.1 Å². The molecule has 2 rings (SSSR count). The number of morpholine rings is 1. The monoisotopic (exact) mass is 268 g/mol. The predicted octanol–water partition coefficient (Wildman–Crippen LogP) is 1.99. The van der Waals surface area contributed by atoms with Crippen molar-refractivity contribution >= 4 is 11.3 Å². The van der Waals surface area contributed by atoms with Crippen molar-refractivity contribution in [3.05, 3.63) is 22.4 Å². The van der Waals surface area contributed by atoms with E-state index in [1.165, 1.54) is 4.88 Å². The van der Waals surface area contributed by atoms with Crippen LogP contribution in [0.5, 0.6) is 0 Å². The Morgan fingerprint density at radius 1 is 1.56 bits per heavy atom. The first-order valence-electron chi connectivity index (χ1n) is 6.76. The minimum atomic E-state index is 0.299. The molecule has 3 nitrogen and oxygen atoms in total. The van der Waals surface area contributed by atoms with Gasteiger partial charge in [-0.1, -0.05) is 6.07 Å². The molecule has 2 atom stereocenters. The zero-order chi connectivity index (χ0) is 13.0. The Morgan fingerprint density at radius 2 is 2.39 bits per heavy atom. The van der Waals surface area contributed by atoms with Crippen LogP contribution in [0.4, 0.5) is 0 Å². The molecule has 1 saturated heterocycles. The first kappa shape index (κ1) is 14.0. The van der Waals surface area contributed by atoms with Gasteiger partial charge >= 0.3 is 0 Å². The van der Waals surface area contributed by atoms with E-state index in [2.05, 4.69) is 41.6 Å². The number of rotatable bonds is 5. The Morgan fingerprint density at radius 3 is 3.00 bits per heavy atom. The van der Waals surface area contributed by atoms with E-state index in [-0.39, 0.29) is 0 Å². The van der Waals surface area contributed by atoms with E-state index in [0.717, 1.165) is 26.1 Å². The lowest BCUT2D eigenvalue weighted by Gasteiger charge is -2.38. The van der Waals surface area contributed by atoms with Crippen LogP contribution < -0.4 is 5.32 Å². The lowest BCUT2D eigenvalue weighted by molar-refractivity contribution is -0.0540. The molecule has 4 heteroatoms. The third-order valence-electron chi connectivity index (χ3n) is 3.68. The van der Waals surface area contributed by atoms with Crippen LogP contribution in [-0.2, 0) is 11.2 Å². The molecule has 0 aromatic carbocycles. The van der Waals surface area contributed by atoms with Crippen LogP contribution in [-0.4, -0.2) is 49.8 Å². The molecule has 0 aliphatic carbocycles. The van der Waals surface area contributed by atoms with Crippen molar-refractivity contribution < 1.29 is 4.74 Å². The van der Waals surface area contributed by atoms with Gasteiger partial charge in [0.2, 0.25) is 0 Å². The summed E-state index contributed by atoms with van der Waals surface area (Å²) in [7, 11) is 2.04. The summed E-state index contributed by atoms with van der Waals surface area (Å²) in [6.07, 6.45) is 1.36. The third-order valence-corrected chi connectivity index (χ3v) is 4.57. The summed E-state index contributed by atoms with van der Waals surface area (Å²) in [5.41, 5.74) is 0. The van der Waals surface area contributed by atoms with E-state index in [1.54, 1.807) is 0 Å². The maximum atomic E-state index is 5.96. The summed E-state index contributed by atoms with van der Waals surface area (Å²) in [6, 6.07) is 5.34. The second kappa shape index (κ2) is 6.66. The number of thiophene rings is 1. The van der Waals surface area contributed by atoms with Gasteiger partial charge in [-0.05, 0) is 38.8 Å². The quantitative estimate of drug-likeness (QED) is 0.884. The maximum Gasteiger partial charge on any atom is 0.0858 e. The Balaban J connectivity index is 1.94. The molecule has 1 aromatic rings. The van der Waals surface area contributed by atoms with Gasteiger partial charge in [0.1, 0.15) is 0 Å². The molecule has 1 aliphatic heterocycles. The molecular formula is C14H24N2OS. The van der Waals surface area contributed by atoms with Crippen molar-refractivity contribution in [3.8, 4) is 0 Å². The van der Waals surface area contributed by atoms with Gasteiger partial charge in [-0.25, -0.2) is 0 Å². The highest BCUT2D eigenvalue weighted by atomic mass is 32.1. The second-order valence-electron chi connectivity index (χ2n) is 5.18. The van der Waals surface area contributed by atoms with Crippen LogP contribution >= 0.6 is 11.3 Å². The van der Waals surface area contributed by atoms with Gasteiger partial charge < -0.3 is 10.1 Å². The minimum Gasteiger partial charge on any atom is -0.374 e. The Bertz CT molecular complexity index is 340. The molecule has 2 heterocycles. The van der Waals surface area contributed by atoms with Gasteiger partial charge in [0.25, 0.3) is 0 Å². The van der Waals surface area contributed by atoms with Crippen molar-refractivity contribution in [2.24, 2.45) is 0 Å². The molecule has 0 amide bonds.